The molecule has 0 atom stereocenters. The van der Waals surface area contributed by atoms with Gasteiger partial charge in [0.1, 0.15) is 0 Å². The van der Waals surface area contributed by atoms with Crippen LogP contribution in [0.1, 0.15) is 0 Å². The molecule has 1 aromatic carbocycles. The van der Waals surface area contributed by atoms with Crippen LogP contribution in [0, 0.1) is 0 Å². The first-order valence-electron chi connectivity index (χ1n) is 5.32. The highest BCUT2D eigenvalue weighted by molar-refractivity contribution is 5.59. The van der Waals surface area contributed by atoms with Gasteiger partial charge in [0.2, 0.25) is 0 Å². The maximum absolute atomic E-state index is 3.23. The Balaban J connectivity index is 2.14. The van der Waals surface area contributed by atoms with Gasteiger partial charge in [0, 0.05) is 18.1 Å². The third-order valence-corrected chi connectivity index (χ3v) is 2.66. The van der Waals surface area contributed by atoms with E-state index < -0.39 is 0 Å². The van der Waals surface area contributed by atoms with Crippen LogP contribution >= 0.6 is 0 Å². The summed E-state index contributed by atoms with van der Waals surface area (Å²) in [5, 5.41) is 0. The predicted octanol–water partition coefficient (Wildman–Crippen LogP) is 3.47. The number of aromatic amines is 1. The van der Waals surface area contributed by atoms with Gasteiger partial charge in [-0.15, -0.1) is 0 Å². The Bertz CT molecular complexity index is 562. The lowest BCUT2D eigenvalue weighted by molar-refractivity contribution is 1.08. The number of nitrogens with one attached hydrogen (secondary N) is 1. The Labute approximate surface area is 94.2 Å². The summed E-state index contributed by atoms with van der Waals surface area (Å²) in [5.41, 5.74) is 3.49. The molecule has 0 saturated heterocycles. The maximum Gasteiger partial charge on any atom is 0.0691 e. The van der Waals surface area contributed by atoms with Gasteiger partial charge < -0.3 is 9.55 Å². The van der Waals surface area contributed by atoms with Crippen LogP contribution in [-0.4, -0.2) is 9.55 Å². The van der Waals surface area contributed by atoms with E-state index in [4.69, 9.17) is 0 Å². The van der Waals surface area contributed by atoms with Crippen molar-refractivity contribution >= 4 is 0 Å². The number of hydrogen-bond donors (Lipinski definition) is 1. The molecule has 2 nitrogen and oxygen atoms in total. The average Bonchev–Trinajstić information content (AvgIpc) is 3.01. The van der Waals surface area contributed by atoms with Crippen LogP contribution in [0.4, 0.5) is 0 Å². The quantitative estimate of drug-likeness (QED) is 0.665. The van der Waals surface area contributed by atoms with Crippen LogP contribution in [0.3, 0.4) is 0 Å². The van der Waals surface area contributed by atoms with E-state index in [0.717, 1.165) is 5.69 Å². The van der Waals surface area contributed by atoms with Crippen LogP contribution in [-0.2, 0) is 0 Å². The van der Waals surface area contributed by atoms with Crippen molar-refractivity contribution in [1.82, 2.24) is 9.55 Å². The van der Waals surface area contributed by atoms with Crippen LogP contribution in [0.5, 0.6) is 0 Å². The highest BCUT2D eigenvalue weighted by atomic mass is 15.0. The first-order chi connectivity index (χ1) is 7.95. The van der Waals surface area contributed by atoms with Crippen molar-refractivity contribution in [2.24, 2.45) is 0 Å². The Morgan fingerprint density at radius 2 is 1.69 bits per heavy atom. The number of hydrogen-bond acceptors (Lipinski definition) is 0. The van der Waals surface area contributed by atoms with Gasteiger partial charge in [0.15, 0.2) is 0 Å². The molecule has 0 radical (unpaired) electrons. The molecule has 0 saturated carbocycles. The fourth-order valence-corrected chi connectivity index (χ4v) is 1.90. The smallest absolute Gasteiger partial charge is 0.0691 e. The molecule has 3 rings (SSSR count). The fourth-order valence-electron chi connectivity index (χ4n) is 1.90. The summed E-state index contributed by atoms with van der Waals surface area (Å²) in [7, 11) is 0. The van der Waals surface area contributed by atoms with Gasteiger partial charge in [0.25, 0.3) is 0 Å². The summed E-state index contributed by atoms with van der Waals surface area (Å²) in [6, 6.07) is 18.6. The minimum atomic E-state index is 1.13. The van der Waals surface area contributed by atoms with Gasteiger partial charge in [0.05, 0.1) is 11.4 Å². The Morgan fingerprint density at radius 3 is 2.44 bits per heavy atom. The molecule has 3 aromatic rings. The molecular formula is C14H12N2. The van der Waals surface area contributed by atoms with E-state index in [0.29, 0.717) is 0 Å². The summed E-state index contributed by atoms with van der Waals surface area (Å²) in [5.74, 6) is 0. The minimum absolute atomic E-state index is 1.13. The topological polar surface area (TPSA) is 20.7 Å². The van der Waals surface area contributed by atoms with Crippen molar-refractivity contribution in [3.05, 3.63) is 67.0 Å². The van der Waals surface area contributed by atoms with Crippen molar-refractivity contribution in [3.63, 3.8) is 0 Å². The molecule has 2 heteroatoms. The number of nitrogens with zero attached hydrogens (tertiary/aromatic N) is 1. The van der Waals surface area contributed by atoms with Gasteiger partial charge in [-0.1, -0.05) is 18.2 Å². The van der Waals surface area contributed by atoms with Crippen molar-refractivity contribution in [2.45, 2.75) is 0 Å². The van der Waals surface area contributed by atoms with E-state index >= 15 is 0 Å². The molecule has 1 N–H and O–H groups in total. The molecule has 2 heterocycles. The van der Waals surface area contributed by atoms with E-state index in [1.54, 1.807) is 0 Å². The van der Waals surface area contributed by atoms with Gasteiger partial charge in [-0.25, -0.2) is 0 Å². The van der Waals surface area contributed by atoms with Crippen LogP contribution in [0.2, 0.25) is 0 Å². The SMILES string of the molecule is c1ccc(-n2cccc2-c2ccc[nH]2)cc1. The Hall–Kier alpha value is -2.22. The minimum Gasteiger partial charge on any atom is -0.360 e. The zero-order chi connectivity index (χ0) is 10.8. The molecule has 0 fully saturated rings. The Kier molecular flexibility index (Phi) is 2.11. The van der Waals surface area contributed by atoms with E-state index in [1.165, 1.54) is 11.4 Å². The number of para-hydroxylation sites is 1. The summed E-state index contributed by atoms with van der Waals surface area (Å²) >= 11 is 0. The van der Waals surface area contributed by atoms with Crippen LogP contribution in [0.25, 0.3) is 17.1 Å². The maximum atomic E-state index is 3.23. The molecule has 0 amide bonds. The second kappa shape index (κ2) is 3.74. The van der Waals surface area contributed by atoms with Crippen molar-refractivity contribution in [2.75, 3.05) is 0 Å². The van der Waals surface area contributed by atoms with Gasteiger partial charge in [-0.05, 0) is 36.4 Å². The van der Waals surface area contributed by atoms with E-state index in [-0.39, 0.29) is 0 Å². The number of aromatic nitrogens is 2. The second-order valence-electron chi connectivity index (χ2n) is 3.68. The van der Waals surface area contributed by atoms with E-state index in [2.05, 4.69) is 46.1 Å². The third kappa shape index (κ3) is 1.44. The molecule has 16 heavy (non-hydrogen) atoms. The van der Waals surface area contributed by atoms with Crippen molar-refractivity contribution in [1.29, 1.82) is 0 Å². The lowest BCUT2D eigenvalue weighted by Crippen LogP contribution is -1.94. The highest BCUT2D eigenvalue weighted by Crippen LogP contribution is 2.21. The second-order valence-corrected chi connectivity index (χ2v) is 3.68. The van der Waals surface area contributed by atoms with Gasteiger partial charge in [-0.3, -0.25) is 0 Å². The molecule has 0 aliphatic heterocycles. The zero-order valence-corrected chi connectivity index (χ0v) is 8.80. The molecule has 0 bridgehead atoms. The van der Waals surface area contributed by atoms with Crippen molar-refractivity contribution in [3.8, 4) is 17.1 Å². The third-order valence-electron chi connectivity index (χ3n) is 2.66. The summed E-state index contributed by atoms with van der Waals surface area (Å²) in [6.07, 6.45) is 4.02. The molecule has 0 spiro atoms. The molecule has 0 aliphatic rings. The highest BCUT2D eigenvalue weighted by Gasteiger charge is 2.05. The summed E-state index contributed by atoms with van der Waals surface area (Å²) in [6.45, 7) is 0. The lowest BCUT2D eigenvalue weighted by atomic mass is 10.3. The number of H-pyrrole nitrogens is 1. The molecule has 0 unspecified atom stereocenters. The summed E-state index contributed by atoms with van der Waals surface area (Å²) < 4.78 is 2.17. The Morgan fingerprint density at radius 1 is 0.812 bits per heavy atom. The van der Waals surface area contributed by atoms with E-state index in [1.807, 2.05) is 30.5 Å². The van der Waals surface area contributed by atoms with Crippen LogP contribution < -0.4 is 0 Å². The first-order valence-corrected chi connectivity index (χ1v) is 5.32. The molecule has 78 valence electrons. The van der Waals surface area contributed by atoms with Gasteiger partial charge in [-0.2, -0.15) is 0 Å². The predicted molar refractivity (Wildman–Crippen MR) is 65.6 cm³/mol. The fraction of sp³-hybridized carbons (Fsp3) is 0. The van der Waals surface area contributed by atoms with Crippen molar-refractivity contribution < 1.29 is 0 Å². The first kappa shape index (κ1) is 9.04. The summed E-state index contributed by atoms with van der Waals surface area (Å²) in [4.78, 5) is 3.23. The van der Waals surface area contributed by atoms with Gasteiger partial charge >= 0.3 is 0 Å². The van der Waals surface area contributed by atoms with Crippen LogP contribution in [0.15, 0.2) is 67.0 Å². The molecule has 2 aromatic heterocycles. The molecule has 0 aliphatic carbocycles. The number of benzene rings is 1. The van der Waals surface area contributed by atoms with E-state index in [9.17, 15) is 0 Å². The monoisotopic (exact) mass is 208 g/mol. The normalized spacial score (nSPS) is 10.5. The zero-order valence-electron chi connectivity index (χ0n) is 8.80. The lowest BCUT2D eigenvalue weighted by Gasteiger charge is -2.07. The standard InChI is InChI=1S/C14H12N2/c1-2-6-12(7-3-1)16-11-5-9-14(16)13-8-4-10-15-13/h1-11,15H. The number of rotatable bonds is 2. The average molecular weight is 208 g/mol. The largest absolute Gasteiger partial charge is 0.360 e. The molecular weight excluding hydrogens is 196 g/mol.